The average molecular weight is 370 g/mol. The fourth-order valence-corrected chi connectivity index (χ4v) is 3.98. The number of fused-ring (bicyclic) bond motifs is 4. The van der Waals surface area contributed by atoms with E-state index in [4.69, 9.17) is 23.2 Å². The van der Waals surface area contributed by atoms with Gasteiger partial charge >= 0.3 is 6.03 Å². The van der Waals surface area contributed by atoms with Crippen molar-refractivity contribution in [2.24, 2.45) is 5.92 Å². The molecule has 0 unspecified atom stereocenters. The van der Waals surface area contributed by atoms with Crippen LogP contribution in [0.2, 0.25) is 10.0 Å². The van der Waals surface area contributed by atoms with Crippen LogP contribution in [-0.2, 0) is 4.79 Å². The van der Waals surface area contributed by atoms with Crippen LogP contribution in [0.3, 0.4) is 0 Å². The van der Waals surface area contributed by atoms with E-state index >= 15 is 0 Å². The predicted molar refractivity (Wildman–Crippen MR) is 95.6 cm³/mol. The van der Waals surface area contributed by atoms with Gasteiger partial charge in [-0.2, -0.15) is 0 Å². The van der Waals surface area contributed by atoms with Crippen molar-refractivity contribution in [3.8, 4) is 0 Å². The van der Waals surface area contributed by atoms with Gasteiger partial charge in [0.15, 0.2) is 0 Å². The van der Waals surface area contributed by atoms with Crippen molar-refractivity contribution < 1.29 is 9.59 Å². The molecule has 0 radical (unpaired) electrons. The molecule has 1 N–H and O–H groups in total. The molecule has 130 valence electrons. The number of halogens is 2. The van der Waals surface area contributed by atoms with Crippen LogP contribution >= 0.6 is 23.2 Å². The Balaban J connectivity index is 1.73. The average Bonchev–Trinajstić information content (AvgIpc) is 2.83. The Morgan fingerprint density at radius 3 is 2.79 bits per heavy atom. The van der Waals surface area contributed by atoms with Gasteiger partial charge in [0.25, 0.3) is 0 Å². The van der Waals surface area contributed by atoms with Crippen LogP contribution in [0.5, 0.6) is 0 Å². The quantitative estimate of drug-likeness (QED) is 0.879. The van der Waals surface area contributed by atoms with E-state index in [2.05, 4.69) is 12.2 Å². The standard InChI is InChI=1S/C17H21Cl2N3O2/c1-2-7-22-13-5-3-11(16(22)23)9-21(10-13)17(24)20-15-6-4-12(18)8-14(15)19/h4,6,8,11,13H,2-3,5,7,9-10H2,1H3,(H,20,24)/t11-,13+/m1/s1. The van der Waals surface area contributed by atoms with Crippen molar-refractivity contribution in [2.75, 3.05) is 25.0 Å². The number of carbonyl (C=O) groups excluding carboxylic acids is 2. The van der Waals surface area contributed by atoms with Gasteiger partial charge in [0.2, 0.25) is 5.91 Å². The molecule has 2 bridgehead atoms. The minimum atomic E-state index is -0.220. The molecule has 0 aliphatic carbocycles. The third-order valence-electron chi connectivity index (χ3n) is 4.72. The molecule has 5 nitrogen and oxygen atoms in total. The summed E-state index contributed by atoms with van der Waals surface area (Å²) < 4.78 is 0. The zero-order chi connectivity index (χ0) is 17.3. The summed E-state index contributed by atoms with van der Waals surface area (Å²) in [6.45, 7) is 3.86. The van der Waals surface area contributed by atoms with Gasteiger partial charge in [-0.1, -0.05) is 30.1 Å². The lowest BCUT2D eigenvalue weighted by molar-refractivity contribution is -0.139. The molecule has 4 rings (SSSR count). The highest BCUT2D eigenvalue weighted by Crippen LogP contribution is 2.30. The maximum atomic E-state index is 12.6. The van der Waals surface area contributed by atoms with Gasteiger partial charge in [0.05, 0.1) is 16.6 Å². The topological polar surface area (TPSA) is 52.7 Å². The lowest BCUT2D eigenvalue weighted by Crippen LogP contribution is -2.48. The number of hydrogen-bond acceptors (Lipinski definition) is 2. The third kappa shape index (κ3) is 3.47. The Morgan fingerprint density at radius 2 is 2.08 bits per heavy atom. The molecule has 0 spiro atoms. The van der Waals surface area contributed by atoms with Crippen LogP contribution in [0.1, 0.15) is 26.2 Å². The van der Waals surface area contributed by atoms with E-state index in [9.17, 15) is 9.59 Å². The van der Waals surface area contributed by atoms with Crippen LogP contribution in [0.25, 0.3) is 0 Å². The molecular formula is C17H21Cl2N3O2. The van der Waals surface area contributed by atoms with Crippen LogP contribution in [-0.4, -0.2) is 47.4 Å². The van der Waals surface area contributed by atoms with E-state index in [1.54, 1.807) is 23.1 Å². The minimum absolute atomic E-state index is 0.0956. The highest BCUT2D eigenvalue weighted by atomic mass is 35.5. The van der Waals surface area contributed by atoms with Gasteiger partial charge < -0.3 is 15.1 Å². The van der Waals surface area contributed by atoms with Crippen LogP contribution in [0.4, 0.5) is 10.5 Å². The summed E-state index contributed by atoms with van der Waals surface area (Å²) in [6.07, 6.45) is 2.75. The largest absolute Gasteiger partial charge is 0.338 e. The van der Waals surface area contributed by atoms with Crippen molar-refractivity contribution >= 4 is 40.8 Å². The number of carbonyl (C=O) groups is 2. The molecule has 3 heterocycles. The molecule has 0 saturated carbocycles. The van der Waals surface area contributed by atoms with Crippen LogP contribution < -0.4 is 5.32 Å². The van der Waals surface area contributed by atoms with Gasteiger partial charge in [0, 0.05) is 30.7 Å². The molecule has 3 aliphatic heterocycles. The molecule has 3 saturated heterocycles. The molecule has 24 heavy (non-hydrogen) atoms. The summed E-state index contributed by atoms with van der Waals surface area (Å²) in [4.78, 5) is 28.9. The van der Waals surface area contributed by atoms with Crippen LogP contribution in [0, 0.1) is 5.92 Å². The zero-order valence-corrected chi connectivity index (χ0v) is 15.1. The summed E-state index contributed by atoms with van der Waals surface area (Å²) in [5, 5.41) is 3.75. The number of amides is 3. The summed E-state index contributed by atoms with van der Waals surface area (Å²) in [5.74, 6) is 0.0923. The fourth-order valence-electron chi connectivity index (χ4n) is 3.53. The Morgan fingerprint density at radius 1 is 1.29 bits per heavy atom. The van der Waals surface area contributed by atoms with Crippen molar-refractivity contribution in [1.82, 2.24) is 9.80 Å². The maximum Gasteiger partial charge on any atom is 0.321 e. The van der Waals surface area contributed by atoms with Gasteiger partial charge in [-0.3, -0.25) is 4.79 Å². The first-order chi connectivity index (χ1) is 11.5. The Bertz CT molecular complexity index is 653. The molecular weight excluding hydrogens is 349 g/mol. The minimum Gasteiger partial charge on any atom is -0.338 e. The number of rotatable bonds is 3. The van der Waals surface area contributed by atoms with E-state index in [1.165, 1.54) is 0 Å². The van der Waals surface area contributed by atoms with Gasteiger partial charge in [-0.05, 0) is 37.5 Å². The second-order valence-electron chi connectivity index (χ2n) is 6.42. The van der Waals surface area contributed by atoms with E-state index in [0.717, 1.165) is 25.8 Å². The number of piperidine rings is 1. The normalized spacial score (nSPS) is 23.4. The molecule has 3 aliphatic rings. The third-order valence-corrected chi connectivity index (χ3v) is 5.27. The van der Waals surface area contributed by atoms with Crippen LogP contribution in [0.15, 0.2) is 18.2 Å². The number of anilines is 1. The Labute approximate surface area is 151 Å². The number of urea groups is 1. The lowest BCUT2D eigenvalue weighted by atomic mass is 9.94. The first kappa shape index (κ1) is 17.4. The molecule has 1 aromatic rings. The van der Waals surface area contributed by atoms with E-state index < -0.39 is 0 Å². The van der Waals surface area contributed by atoms with Gasteiger partial charge in [-0.25, -0.2) is 4.79 Å². The first-order valence-corrected chi connectivity index (χ1v) is 9.06. The highest BCUT2D eigenvalue weighted by Gasteiger charge is 2.41. The molecule has 3 amide bonds. The van der Waals surface area contributed by atoms with E-state index in [1.807, 2.05) is 4.90 Å². The Kier molecular flexibility index (Phi) is 5.21. The fraction of sp³-hybridized carbons (Fsp3) is 0.529. The molecule has 1 aromatic carbocycles. The number of nitrogens with zero attached hydrogens (tertiary/aromatic N) is 2. The summed E-state index contributed by atoms with van der Waals surface area (Å²) >= 11 is 12.0. The van der Waals surface area contributed by atoms with Gasteiger partial charge in [-0.15, -0.1) is 0 Å². The molecule has 7 heteroatoms. The highest BCUT2D eigenvalue weighted by molar-refractivity contribution is 6.36. The molecule has 0 aromatic heterocycles. The summed E-state index contributed by atoms with van der Waals surface area (Å²) in [6, 6.07) is 4.85. The zero-order valence-electron chi connectivity index (χ0n) is 13.6. The van der Waals surface area contributed by atoms with Crippen molar-refractivity contribution in [3.63, 3.8) is 0 Å². The summed E-state index contributed by atoms with van der Waals surface area (Å²) in [7, 11) is 0. The predicted octanol–water partition coefficient (Wildman–Crippen LogP) is 3.86. The summed E-state index contributed by atoms with van der Waals surface area (Å²) in [5.41, 5.74) is 0.527. The maximum absolute atomic E-state index is 12.6. The second kappa shape index (κ2) is 7.19. The first-order valence-electron chi connectivity index (χ1n) is 8.31. The smallest absolute Gasteiger partial charge is 0.321 e. The number of hydrogen-bond donors (Lipinski definition) is 1. The van der Waals surface area contributed by atoms with Crippen molar-refractivity contribution in [1.29, 1.82) is 0 Å². The SMILES string of the molecule is CCCN1C(=O)[C@@H]2CC[C@H]1CN(C(=O)Nc1ccc(Cl)cc1Cl)C2. The molecule has 3 fully saturated rings. The van der Waals surface area contributed by atoms with E-state index in [-0.39, 0.29) is 23.9 Å². The Hall–Kier alpha value is -1.46. The van der Waals surface area contributed by atoms with Crippen molar-refractivity contribution in [3.05, 3.63) is 28.2 Å². The van der Waals surface area contributed by atoms with Gasteiger partial charge in [0.1, 0.15) is 0 Å². The molecule has 2 atom stereocenters. The van der Waals surface area contributed by atoms with Crippen molar-refractivity contribution in [2.45, 2.75) is 32.2 Å². The monoisotopic (exact) mass is 369 g/mol. The van der Waals surface area contributed by atoms with E-state index in [0.29, 0.717) is 28.8 Å². The lowest BCUT2D eigenvalue weighted by Gasteiger charge is -2.35. The second-order valence-corrected chi connectivity index (χ2v) is 7.26. The number of benzene rings is 1. The number of nitrogens with one attached hydrogen (secondary N) is 1.